The number of aliphatic hydroxyl groups excluding tert-OH is 1. The molecule has 17 heavy (non-hydrogen) atoms. The van der Waals surface area contributed by atoms with E-state index in [-0.39, 0.29) is 6.61 Å². The molecule has 0 amide bonds. The predicted molar refractivity (Wildman–Crippen MR) is 67.6 cm³/mol. The van der Waals surface area contributed by atoms with Gasteiger partial charge in [-0.3, -0.25) is 0 Å². The summed E-state index contributed by atoms with van der Waals surface area (Å²) >= 11 is 0. The van der Waals surface area contributed by atoms with Gasteiger partial charge in [-0.25, -0.2) is 4.98 Å². The third-order valence-electron chi connectivity index (χ3n) is 3.13. The highest BCUT2D eigenvalue weighted by Crippen LogP contribution is 2.19. The smallest absolute Gasteiger partial charge is 0.0948 e. The highest BCUT2D eigenvalue weighted by atomic mass is 16.3. The largest absolute Gasteiger partial charge is 0.390 e. The molecular weight excluding hydrogens is 212 g/mol. The summed E-state index contributed by atoms with van der Waals surface area (Å²) in [6.45, 7) is 3.18. The Kier molecular flexibility index (Phi) is 3.94. The van der Waals surface area contributed by atoms with Gasteiger partial charge in [0.25, 0.3) is 0 Å². The molecule has 2 rings (SSSR count). The Bertz CT molecular complexity index is 450. The summed E-state index contributed by atoms with van der Waals surface area (Å²) in [4.78, 5) is 4.05. The van der Waals surface area contributed by atoms with Crippen LogP contribution in [0.15, 0.2) is 42.9 Å². The minimum absolute atomic E-state index is 0.0553. The number of hydrogen-bond donors (Lipinski definition) is 1. The fourth-order valence-electron chi connectivity index (χ4n) is 1.96. The van der Waals surface area contributed by atoms with Crippen LogP contribution in [0.3, 0.4) is 0 Å². The Hall–Kier alpha value is -1.61. The lowest BCUT2D eigenvalue weighted by molar-refractivity contribution is 0.270. The maximum Gasteiger partial charge on any atom is 0.0948 e. The third-order valence-corrected chi connectivity index (χ3v) is 3.13. The first-order chi connectivity index (χ1) is 8.31. The second-order valence-corrected chi connectivity index (χ2v) is 4.34. The van der Waals surface area contributed by atoms with Gasteiger partial charge in [-0.1, -0.05) is 37.3 Å². The van der Waals surface area contributed by atoms with Crippen molar-refractivity contribution >= 4 is 0 Å². The van der Waals surface area contributed by atoms with E-state index in [2.05, 4.69) is 36.2 Å². The van der Waals surface area contributed by atoms with Crippen LogP contribution in [0.5, 0.6) is 0 Å². The molecule has 1 N–H and O–H groups in total. The van der Waals surface area contributed by atoms with Gasteiger partial charge in [-0.05, 0) is 17.9 Å². The number of aryl methyl sites for hydroxylation is 1. The van der Waals surface area contributed by atoms with Gasteiger partial charge in [0.1, 0.15) is 0 Å². The van der Waals surface area contributed by atoms with Crippen molar-refractivity contribution in [3.8, 4) is 0 Å². The maximum atomic E-state index is 9.13. The Labute approximate surface area is 102 Å². The van der Waals surface area contributed by atoms with Crippen molar-refractivity contribution in [3.05, 3.63) is 54.1 Å². The molecule has 1 aromatic carbocycles. The second kappa shape index (κ2) is 5.64. The van der Waals surface area contributed by atoms with Crippen LogP contribution in [-0.4, -0.2) is 14.7 Å². The SMILES string of the molecule is CC(CCn1cncc1CO)c1ccccc1. The van der Waals surface area contributed by atoms with Crippen LogP contribution < -0.4 is 0 Å². The number of benzene rings is 1. The molecule has 1 heterocycles. The third kappa shape index (κ3) is 2.94. The molecule has 1 unspecified atom stereocenters. The molecule has 1 atom stereocenters. The first kappa shape index (κ1) is 11.9. The first-order valence-electron chi connectivity index (χ1n) is 5.96. The van der Waals surface area contributed by atoms with Crippen molar-refractivity contribution in [1.82, 2.24) is 9.55 Å². The van der Waals surface area contributed by atoms with E-state index in [1.165, 1.54) is 5.56 Å². The number of aliphatic hydroxyl groups is 1. The monoisotopic (exact) mass is 230 g/mol. The summed E-state index contributed by atoms with van der Waals surface area (Å²) in [5, 5.41) is 9.13. The topological polar surface area (TPSA) is 38.0 Å². The van der Waals surface area contributed by atoms with Crippen molar-refractivity contribution in [1.29, 1.82) is 0 Å². The summed E-state index contributed by atoms with van der Waals surface area (Å²) in [7, 11) is 0. The van der Waals surface area contributed by atoms with Gasteiger partial charge >= 0.3 is 0 Å². The molecule has 0 aliphatic rings. The van der Waals surface area contributed by atoms with Crippen LogP contribution in [-0.2, 0) is 13.2 Å². The molecule has 0 fully saturated rings. The lowest BCUT2D eigenvalue weighted by Crippen LogP contribution is -2.05. The van der Waals surface area contributed by atoms with Crippen molar-refractivity contribution in [2.75, 3.05) is 0 Å². The first-order valence-corrected chi connectivity index (χ1v) is 5.96. The molecule has 3 heteroatoms. The lowest BCUT2D eigenvalue weighted by Gasteiger charge is -2.13. The fourth-order valence-corrected chi connectivity index (χ4v) is 1.96. The maximum absolute atomic E-state index is 9.13. The normalized spacial score (nSPS) is 12.6. The van der Waals surface area contributed by atoms with Crippen LogP contribution in [0.25, 0.3) is 0 Å². The van der Waals surface area contributed by atoms with Crippen molar-refractivity contribution in [2.24, 2.45) is 0 Å². The molecule has 0 aliphatic heterocycles. The standard InChI is InChI=1S/C14H18N2O/c1-12(13-5-3-2-4-6-13)7-8-16-11-15-9-14(16)10-17/h2-6,9,11-12,17H,7-8,10H2,1H3. The van der Waals surface area contributed by atoms with Crippen LogP contribution in [0.1, 0.15) is 30.5 Å². The zero-order valence-electron chi connectivity index (χ0n) is 10.1. The number of aromatic nitrogens is 2. The fraction of sp³-hybridized carbons (Fsp3) is 0.357. The van der Waals surface area contributed by atoms with Gasteiger partial charge in [0.15, 0.2) is 0 Å². The Morgan fingerprint density at radius 1 is 1.29 bits per heavy atom. The molecule has 1 aromatic heterocycles. The molecule has 90 valence electrons. The predicted octanol–water partition coefficient (Wildman–Crippen LogP) is 2.57. The molecule has 0 saturated heterocycles. The summed E-state index contributed by atoms with van der Waals surface area (Å²) in [5.74, 6) is 0.519. The molecule has 0 bridgehead atoms. The van der Waals surface area contributed by atoms with Gasteiger partial charge in [-0.2, -0.15) is 0 Å². The van der Waals surface area contributed by atoms with E-state index in [0.29, 0.717) is 5.92 Å². The zero-order valence-corrected chi connectivity index (χ0v) is 10.1. The Balaban J connectivity index is 1.95. The summed E-state index contributed by atoms with van der Waals surface area (Å²) in [6, 6.07) is 10.5. The Morgan fingerprint density at radius 2 is 2.06 bits per heavy atom. The minimum atomic E-state index is 0.0553. The number of nitrogens with zero attached hydrogens (tertiary/aromatic N) is 2. The average Bonchev–Trinajstić information content (AvgIpc) is 2.84. The second-order valence-electron chi connectivity index (χ2n) is 4.34. The highest BCUT2D eigenvalue weighted by Gasteiger charge is 2.06. The summed E-state index contributed by atoms with van der Waals surface area (Å²) < 4.78 is 2.01. The van der Waals surface area contributed by atoms with Crippen LogP contribution in [0, 0.1) is 0 Å². The van der Waals surface area contributed by atoms with Gasteiger partial charge in [-0.15, -0.1) is 0 Å². The lowest BCUT2D eigenvalue weighted by atomic mass is 9.98. The molecule has 0 aliphatic carbocycles. The van der Waals surface area contributed by atoms with Gasteiger partial charge in [0, 0.05) is 6.54 Å². The van der Waals surface area contributed by atoms with E-state index in [1.807, 2.05) is 10.6 Å². The van der Waals surface area contributed by atoms with E-state index >= 15 is 0 Å². The van der Waals surface area contributed by atoms with E-state index in [9.17, 15) is 0 Å². The number of imidazole rings is 1. The van der Waals surface area contributed by atoms with Crippen molar-refractivity contribution < 1.29 is 5.11 Å². The highest BCUT2D eigenvalue weighted by molar-refractivity contribution is 5.18. The van der Waals surface area contributed by atoms with E-state index in [4.69, 9.17) is 5.11 Å². The average molecular weight is 230 g/mol. The summed E-state index contributed by atoms with van der Waals surface area (Å²) in [6.07, 6.45) is 4.55. The van der Waals surface area contributed by atoms with Gasteiger partial charge < -0.3 is 9.67 Å². The molecule has 0 saturated carbocycles. The molecule has 0 radical (unpaired) electrons. The van der Waals surface area contributed by atoms with Crippen LogP contribution in [0.2, 0.25) is 0 Å². The zero-order chi connectivity index (χ0) is 12.1. The quantitative estimate of drug-likeness (QED) is 0.857. The van der Waals surface area contributed by atoms with Crippen LogP contribution in [0.4, 0.5) is 0 Å². The molecule has 2 aromatic rings. The van der Waals surface area contributed by atoms with Crippen molar-refractivity contribution in [2.45, 2.75) is 32.4 Å². The molecule has 0 spiro atoms. The van der Waals surface area contributed by atoms with E-state index in [1.54, 1.807) is 12.5 Å². The number of rotatable bonds is 5. The van der Waals surface area contributed by atoms with Gasteiger partial charge in [0.05, 0.1) is 24.8 Å². The summed E-state index contributed by atoms with van der Waals surface area (Å²) in [5.41, 5.74) is 2.24. The van der Waals surface area contributed by atoms with Gasteiger partial charge in [0.2, 0.25) is 0 Å². The van der Waals surface area contributed by atoms with E-state index < -0.39 is 0 Å². The number of hydrogen-bond acceptors (Lipinski definition) is 2. The van der Waals surface area contributed by atoms with E-state index in [0.717, 1.165) is 18.7 Å². The molecule has 3 nitrogen and oxygen atoms in total. The Morgan fingerprint density at radius 3 is 2.76 bits per heavy atom. The van der Waals surface area contributed by atoms with Crippen LogP contribution >= 0.6 is 0 Å². The minimum Gasteiger partial charge on any atom is -0.390 e. The molecular formula is C14H18N2O. The van der Waals surface area contributed by atoms with Crippen molar-refractivity contribution in [3.63, 3.8) is 0 Å².